The van der Waals surface area contributed by atoms with Gasteiger partial charge in [0.2, 0.25) is 0 Å². The summed E-state index contributed by atoms with van der Waals surface area (Å²) in [6.45, 7) is 3.21. The van der Waals surface area contributed by atoms with E-state index in [1.165, 1.54) is 6.20 Å². The number of amides is 1. The number of hydrogen-bond acceptors (Lipinski definition) is 3. The number of carboxylic acids is 1. The molecule has 92 valence electrons. The van der Waals surface area contributed by atoms with Gasteiger partial charge >= 0.3 is 5.97 Å². The lowest BCUT2D eigenvalue weighted by molar-refractivity contribution is -0.141. The van der Waals surface area contributed by atoms with Gasteiger partial charge in [-0.2, -0.15) is 0 Å². The fourth-order valence-electron chi connectivity index (χ4n) is 1.17. The third-order valence-electron chi connectivity index (χ3n) is 2.49. The highest BCUT2D eigenvalue weighted by molar-refractivity contribution is 9.10. The number of carboxylic acid groups (broad SMARTS) is 1. The predicted octanol–water partition coefficient (Wildman–Crippen LogP) is 1.68. The Kier molecular flexibility index (Phi) is 4.62. The van der Waals surface area contributed by atoms with Crippen molar-refractivity contribution in [3.05, 3.63) is 28.5 Å². The van der Waals surface area contributed by atoms with Crippen LogP contribution in [0.25, 0.3) is 0 Å². The Balaban J connectivity index is 2.70. The first-order chi connectivity index (χ1) is 7.91. The van der Waals surface area contributed by atoms with E-state index in [2.05, 4.69) is 26.2 Å². The Morgan fingerprint density at radius 2 is 2.12 bits per heavy atom. The van der Waals surface area contributed by atoms with Crippen LogP contribution in [-0.4, -0.2) is 28.0 Å². The maximum atomic E-state index is 11.8. The average Bonchev–Trinajstić information content (AvgIpc) is 2.27. The van der Waals surface area contributed by atoms with Crippen molar-refractivity contribution in [2.75, 3.05) is 0 Å². The maximum Gasteiger partial charge on any atom is 0.308 e. The number of aliphatic carboxylic acids is 1. The topological polar surface area (TPSA) is 79.3 Å². The van der Waals surface area contributed by atoms with Crippen LogP contribution in [0, 0.1) is 5.92 Å². The second-order valence-corrected chi connectivity index (χ2v) is 4.57. The van der Waals surface area contributed by atoms with Crippen LogP contribution in [0.5, 0.6) is 0 Å². The molecule has 0 saturated carbocycles. The van der Waals surface area contributed by atoms with Crippen LogP contribution in [0.4, 0.5) is 0 Å². The number of rotatable bonds is 4. The third-order valence-corrected chi connectivity index (χ3v) is 2.92. The molecule has 0 bridgehead atoms. The van der Waals surface area contributed by atoms with Crippen LogP contribution >= 0.6 is 15.9 Å². The van der Waals surface area contributed by atoms with E-state index in [0.29, 0.717) is 10.2 Å². The van der Waals surface area contributed by atoms with E-state index in [1.807, 2.05) is 0 Å². The van der Waals surface area contributed by atoms with Crippen molar-refractivity contribution >= 4 is 27.8 Å². The second kappa shape index (κ2) is 5.77. The van der Waals surface area contributed by atoms with Gasteiger partial charge in [-0.05, 0) is 41.9 Å². The smallest absolute Gasteiger partial charge is 0.308 e. The Bertz CT molecular complexity index is 436. The summed E-state index contributed by atoms with van der Waals surface area (Å²) in [5, 5.41) is 11.4. The van der Waals surface area contributed by atoms with Gasteiger partial charge in [0.25, 0.3) is 5.91 Å². The Labute approximate surface area is 107 Å². The third kappa shape index (κ3) is 3.81. The van der Waals surface area contributed by atoms with Gasteiger partial charge in [0.05, 0.1) is 5.92 Å². The van der Waals surface area contributed by atoms with Crippen LogP contribution in [-0.2, 0) is 4.79 Å². The molecule has 0 aliphatic heterocycles. The number of carbonyl (C=O) groups is 2. The van der Waals surface area contributed by atoms with E-state index < -0.39 is 17.9 Å². The molecule has 2 N–H and O–H groups in total. The first-order valence-electron chi connectivity index (χ1n) is 5.07. The van der Waals surface area contributed by atoms with Crippen LogP contribution in [0.1, 0.15) is 24.2 Å². The number of aromatic nitrogens is 1. The van der Waals surface area contributed by atoms with Gasteiger partial charge in [0, 0.05) is 17.8 Å². The number of pyridine rings is 1. The van der Waals surface area contributed by atoms with Crippen molar-refractivity contribution in [3.63, 3.8) is 0 Å². The van der Waals surface area contributed by atoms with Gasteiger partial charge in [0.1, 0.15) is 4.60 Å². The van der Waals surface area contributed by atoms with Crippen molar-refractivity contribution in [1.29, 1.82) is 0 Å². The van der Waals surface area contributed by atoms with E-state index in [0.717, 1.165) is 0 Å². The molecule has 0 radical (unpaired) electrons. The fourth-order valence-corrected chi connectivity index (χ4v) is 1.54. The second-order valence-electron chi connectivity index (χ2n) is 3.76. The molecule has 0 saturated heterocycles. The molecule has 2 atom stereocenters. The first kappa shape index (κ1) is 13.6. The van der Waals surface area contributed by atoms with Crippen LogP contribution < -0.4 is 5.32 Å². The number of carbonyl (C=O) groups excluding carboxylic acids is 1. The molecule has 1 rings (SSSR count). The lowest BCUT2D eigenvalue weighted by Gasteiger charge is -2.17. The highest BCUT2D eigenvalue weighted by Gasteiger charge is 2.21. The standard InChI is InChI=1S/C11H13BrN2O3/c1-6(11(16)17)7(2)14-10(15)8-3-4-13-9(12)5-8/h3-7H,1-2H3,(H,14,15)(H,16,17). The summed E-state index contributed by atoms with van der Waals surface area (Å²) >= 11 is 3.16. The molecule has 0 fully saturated rings. The van der Waals surface area contributed by atoms with Crippen LogP contribution in [0.3, 0.4) is 0 Å². The van der Waals surface area contributed by atoms with E-state index in [-0.39, 0.29) is 5.91 Å². The van der Waals surface area contributed by atoms with E-state index in [9.17, 15) is 9.59 Å². The largest absolute Gasteiger partial charge is 0.481 e. The van der Waals surface area contributed by atoms with Gasteiger partial charge < -0.3 is 10.4 Å². The Hall–Kier alpha value is -1.43. The highest BCUT2D eigenvalue weighted by atomic mass is 79.9. The summed E-state index contributed by atoms with van der Waals surface area (Å²) < 4.78 is 0.559. The quantitative estimate of drug-likeness (QED) is 0.829. The molecule has 17 heavy (non-hydrogen) atoms. The molecule has 1 aromatic rings. The predicted molar refractivity (Wildman–Crippen MR) is 65.7 cm³/mol. The maximum absolute atomic E-state index is 11.8. The van der Waals surface area contributed by atoms with Gasteiger partial charge in [-0.1, -0.05) is 0 Å². The van der Waals surface area contributed by atoms with Gasteiger partial charge in [-0.25, -0.2) is 4.98 Å². The average molecular weight is 301 g/mol. The molecule has 0 spiro atoms. The fraction of sp³-hybridized carbons (Fsp3) is 0.364. The lowest BCUT2D eigenvalue weighted by atomic mass is 10.0. The summed E-state index contributed by atoms with van der Waals surface area (Å²) in [7, 11) is 0. The highest BCUT2D eigenvalue weighted by Crippen LogP contribution is 2.09. The normalized spacial score (nSPS) is 13.8. The summed E-state index contributed by atoms with van der Waals surface area (Å²) in [5.74, 6) is -1.88. The minimum atomic E-state index is -0.936. The number of halogens is 1. The molecular weight excluding hydrogens is 288 g/mol. The lowest BCUT2D eigenvalue weighted by Crippen LogP contribution is -2.40. The minimum absolute atomic E-state index is 0.311. The molecule has 6 heteroatoms. The van der Waals surface area contributed by atoms with Crippen LogP contribution in [0.15, 0.2) is 22.9 Å². The summed E-state index contributed by atoms with van der Waals surface area (Å²) in [4.78, 5) is 26.4. The zero-order chi connectivity index (χ0) is 13.0. The summed E-state index contributed by atoms with van der Waals surface area (Å²) in [6.07, 6.45) is 1.50. The van der Waals surface area contributed by atoms with Gasteiger partial charge in [-0.15, -0.1) is 0 Å². The van der Waals surface area contributed by atoms with Crippen molar-refractivity contribution in [2.45, 2.75) is 19.9 Å². The van der Waals surface area contributed by atoms with Crippen molar-refractivity contribution < 1.29 is 14.7 Å². The van der Waals surface area contributed by atoms with Crippen molar-refractivity contribution in [3.8, 4) is 0 Å². The summed E-state index contributed by atoms with van der Waals surface area (Å²) in [5.41, 5.74) is 0.441. The Morgan fingerprint density at radius 3 is 2.65 bits per heavy atom. The van der Waals surface area contributed by atoms with Gasteiger partial charge in [0.15, 0.2) is 0 Å². The molecule has 0 aliphatic carbocycles. The molecular formula is C11H13BrN2O3. The molecule has 1 amide bonds. The zero-order valence-electron chi connectivity index (χ0n) is 9.48. The van der Waals surface area contributed by atoms with Gasteiger partial charge in [-0.3, -0.25) is 9.59 Å². The summed E-state index contributed by atoms with van der Waals surface area (Å²) in [6, 6.07) is 2.71. The molecule has 2 unspecified atom stereocenters. The number of hydrogen-bond donors (Lipinski definition) is 2. The number of nitrogens with zero attached hydrogens (tertiary/aromatic N) is 1. The molecule has 1 heterocycles. The van der Waals surface area contributed by atoms with E-state index >= 15 is 0 Å². The first-order valence-corrected chi connectivity index (χ1v) is 5.86. The van der Waals surface area contributed by atoms with Crippen molar-refractivity contribution in [2.24, 2.45) is 5.92 Å². The molecule has 1 aromatic heterocycles. The van der Waals surface area contributed by atoms with Crippen molar-refractivity contribution in [1.82, 2.24) is 10.3 Å². The molecule has 0 aliphatic rings. The van der Waals surface area contributed by atoms with E-state index in [4.69, 9.17) is 5.11 Å². The number of nitrogens with one attached hydrogen (secondary N) is 1. The van der Waals surface area contributed by atoms with Crippen LogP contribution in [0.2, 0.25) is 0 Å². The minimum Gasteiger partial charge on any atom is -0.481 e. The van der Waals surface area contributed by atoms with E-state index in [1.54, 1.807) is 26.0 Å². The zero-order valence-corrected chi connectivity index (χ0v) is 11.1. The Morgan fingerprint density at radius 1 is 1.47 bits per heavy atom. The SMILES string of the molecule is CC(NC(=O)c1ccnc(Br)c1)C(C)C(=O)O. The monoisotopic (exact) mass is 300 g/mol. The molecule has 5 nitrogen and oxygen atoms in total. The molecule has 0 aromatic carbocycles.